The Bertz CT molecular complexity index is 347. The zero-order valence-electron chi connectivity index (χ0n) is 9.05. The van der Waals surface area contributed by atoms with Crippen LogP contribution < -0.4 is 4.74 Å². The van der Waals surface area contributed by atoms with Gasteiger partial charge in [0.25, 0.3) is 0 Å². The fraction of sp³-hybridized carbons (Fsp3) is 0.417. The first-order valence-electron chi connectivity index (χ1n) is 5.14. The number of halogens is 1. The molecule has 3 heteroatoms. The van der Waals surface area contributed by atoms with Gasteiger partial charge in [-0.05, 0) is 24.6 Å². The standard InChI is InChI=1S/C12H15FO2/c1-3-7-15-12-8-9(11(14)4-2)5-6-10(12)13/h5-6,8H,3-4,7H2,1-2H3. The summed E-state index contributed by atoms with van der Waals surface area (Å²) in [4.78, 5) is 11.4. The van der Waals surface area contributed by atoms with Crippen molar-refractivity contribution in [3.05, 3.63) is 29.6 Å². The maximum absolute atomic E-state index is 13.2. The van der Waals surface area contributed by atoms with E-state index in [-0.39, 0.29) is 11.5 Å². The van der Waals surface area contributed by atoms with E-state index >= 15 is 0 Å². The third-order valence-electron chi connectivity index (χ3n) is 2.04. The Morgan fingerprint density at radius 3 is 2.73 bits per heavy atom. The molecule has 2 nitrogen and oxygen atoms in total. The first kappa shape index (κ1) is 11.7. The van der Waals surface area contributed by atoms with E-state index in [2.05, 4.69) is 0 Å². The number of Topliss-reactive ketones (excluding diaryl/α,β-unsaturated/α-hetero) is 1. The van der Waals surface area contributed by atoms with Crippen LogP contribution in [-0.2, 0) is 0 Å². The Labute approximate surface area is 89.1 Å². The first-order chi connectivity index (χ1) is 7.19. The van der Waals surface area contributed by atoms with Crippen LogP contribution in [0.4, 0.5) is 4.39 Å². The molecular formula is C12H15FO2. The molecule has 0 saturated heterocycles. The van der Waals surface area contributed by atoms with Crippen molar-refractivity contribution in [3.8, 4) is 5.75 Å². The fourth-order valence-corrected chi connectivity index (χ4v) is 1.20. The van der Waals surface area contributed by atoms with E-state index in [1.807, 2.05) is 6.92 Å². The number of benzene rings is 1. The number of hydrogen-bond acceptors (Lipinski definition) is 2. The molecule has 0 N–H and O–H groups in total. The van der Waals surface area contributed by atoms with Gasteiger partial charge in [-0.1, -0.05) is 13.8 Å². The van der Waals surface area contributed by atoms with E-state index in [1.54, 1.807) is 6.92 Å². The van der Waals surface area contributed by atoms with Crippen LogP contribution in [0.3, 0.4) is 0 Å². The van der Waals surface area contributed by atoms with Crippen LogP contribution in [-0.4, -0.2) is 12.4 Å². The molecule has 0 unspecified atom stereocenters. The summed E-state index contributed by atoms with van der Waals surface area (Å²) in [5.41, 5.74) is 0.505. The monoisotopic (exact) mass is 210 g/mol. The molecule has 82 valence electrons. The molecule has 1 aromatic rings. The Morgan fingerprint density at radius 2 is 2.13 bits per heavy atom. The van der Waals surface area contributed by atoms with Gasteiger partial charge in [0.2, 0.25) is 0 Å². The zero-order chi connectivity index (χ0) is 11.3. The average molecular weight is 210 g/mol. The highest BCUT2D eigenvalue weighted by atomic mass is 19.1. The molecule has 0 heterocycles. The molecule has 0 aliphatic carbocycles. The van der Waals surface area contributed by atoms with Crippen molar-refractivity contribution >= 4 is 5.78 Å². The molecule has 15 heavy (non-hydrogen) atoms. The number of ketones is 1. The van der Waals surface area contributed by atoms with E-state index in [0.29, 0.717) is 18.6 Å². The van der Waals surface area contributed by atoms with Gasteiger partial charge in [0.1, 0.15) is 0 Å². The van der Waals surface area contributed by atoms with E-state index in [1.165, 1.54) is 18.2 Å². The summed E-state index contributed by atoms with van der Waals surface area (Å²) < 4.78 is 18.4. The SMILES string of the molecule is CCCOc1cc(C(=O)CC)ccc1F. The van der Waals surface area contributed by atoms with Gasteiger partial charge in [0.05, 0.1) is 6.61 Å². The zero-order valence-corrected chi connectivity index (χ0v) is 9.05. The van der Waals surface area contributed by atoms with Gasteiger partial charge in [0.15, 0.2) is 17.3 Å². The minimum Gasteiger partial charge on any atom is -0.491 e. The van der Waals surface area contributed by atoms with Crippen molar-refractivity contribution in [2.24, 2.45) is 0 Å². The lowest BCUT2D eigenvalue weighted by atomic mass is 10.1. The van der Waals surface area contributed by atoms with Crippen molar-refractivity contribution in [2.75, 3.05) is 6.61 Å². The third-order valence-corrected chi connectivity index (χ3v) is 2.04. The van der Waals surface area contributed by atoms with Crippen molar-refractivity contribution < 1.29 is 13.9 Å². The highest BCUT2D eigenvalue weighted by Crippen LogP contribution is 2.19. The van der Waals surface area contributed by atoms with Gasteiger partial charge in [-0.25, -0.2) is 4.39 Å². The minimum absolute atomic E-state index is 0.00338. The first-order valence-corrected chi connectivity index (χ1v) is 5.14. The van der Waals surface area contributed by atoms with Gasteiger partial charge in [-0.2, -0.15) is 0 Å². The van der Waals surface area contributed by atoms with Gasteiger partial charge in [-0.3, -0.25) is 4.79 Å². The summed E-state index contributed by atoms with van der Waals surface area (Å²) in [6.45, 7) is 4.18. The Hall–Kier alpha value is -1.38. The van der Waals surface area contributed by atoms with E-state index in [9.17, 15) is 9.18 Å². The number of hydrogen-bond donors (Lipinski definition) is 0. The van der Waals surface area contributed by atoms with E-state index < -0.39 is 5.82 Å². The second-order valence-electron chi connectivity index (χ2n) is 3.27. The lowest BCUT2D eigenvalue weighted by Gasteiger charge is -2.07. The minimum atomic E-state index is -0.420. The van der Waals surface area contributed by atoms with Crippen molar-refractivity contribution in [1.29, 1.82) is 0 Å². The summed E-state index contributed by atoms with van der Waals surface area (Å²) in [5.74, 6) is -0.261. The number of carbonyl (C=O) groups is 1. The quantitative estimate of drug-likeness (QED) is 0.697. The molecule has 0 bridgehead atoms. The van der Waals surface area contributed by atoms with Crippen molar-refractivity contribution in [1.82, 2.24) is 0 Å². The highest BCUT2D eigenvalue weighted by molar-refractivity contribution is 5.96. The summed E-state index contributed by atoms with van der Waals surface area (Å²) in [6.07, 6.45) is 1.23. The number of carbonyl (C=O) groups excluding carboxylic acids is 1. The Balaban J connectivity index is 2.89. The molecule has 0 aliphatic rings. The average Bonchev–Trinajstić information content (AvgIpc) is 2.27. The van der Waals surface area contributed by atoms with Crippen molar-refractivity contribution in [2.45, 2.75) is 26.7 Å². The Morgan fingerprint density at radius 1 is 1.40 bits per heavy atom. The largest absolute Gasteiger partial charge is 0.491 e. The molecule has 1 rings (SSSR count). The van der Waals surface area contributed by atoms with Crippen LogP contribution in [0.25, 0.3) is 0 Å². The van der Waals surface area contributed by atoms with Crippen LogP contribution >= 0.6 is 0 Å². The molecule has 0 atom stereocenters. The van der Waals surface area contributed by atoms with Crippen LogP contribution in [0.2, 0.25) is 0 Å². The van der Waals surface area contributed by atoms with Crippen LogP contribution in [0.5, 0.6) is 5.75 Å². The maximum atomic E-state index is 13.2. The third kappa shape index (κ3) is 3.05. The summed E-state index contributed by atoms with van der Waals surface area (Å²) in [6, 6.07) is 4.23. The lowest BCUT2D eigenvalue weighted by molar-refractivity contribution is 0.0987. The summed E-state index contributed by atoms with van der Waals surface area (Å²) >= 11 is 0. The second kappa shape index (κ2) is 5.49. The summed E-state index contributed by atoms with van der Waals surface area (Å²) in [5, 5.41) is 0. The molecular weight excluding hydrogens is 195 g/mol. The molecule has 0 aromatic heterocycles. The predicted octanol–water partition coefficient (Wildman–Crippen LogP) is 3.21. The van der Waals surface area contributed by atoms with Gasteiger partial charge in [0, 0.05) is 12.0 Å². The lowest BCUT2D eigenvalue weighted by Crippen LogP contribution is -2.01. The van der Waals surface area contributed by atoms with Gasteiger partial charge < -0.3 is 4.74 Å². The second-order valence-corrected chi connectivity index (χ2v) is 3.27. The van der Waals surface area contributed by atoms with Crippen molar-refractivity contribution in [3.63, 3.8) is 0 Å². The van der Waals surface area contributed by atoms with Crippen LogP contribution in [0, 0.1) is 5.82 Å². The molecule has 0 saturated carbocycles. The normalized spacial score (nSPS) is 10.1. The highest BCUT2D eigenvalue weighted by Gasteiger charge is 2.08. The number of ether oxygens (including phenoxy) is 1. The molecule has 0 spiro atoms. The van der Waals surface area contributed by atoms with E-state index in [4.69, 9.17) is 4.74 Å². The molecule has 0 aliphatic heterocycles. The molecule has 0 amide bonds. The number of rotatable bonds is 5. The Kier molecular flexibility index (Phi) is 4.28. The smallest absolute Gasteiger partial charge is 0.165 e. The van der Waals surface area contributed by atoms with Crippen LogP contribution in [0.1, 0.15) is 37.0 Å². The van der Waals surface area contributed by atoms with Crippen LogP contribution in [0.15, 0.2) is 18.2 Å². The predicted molar refractivity (Wildman–Crippen MR) is 56.8 cm³/mol. The molecule has 0 fully saturated rings. The van der Waals surface area contributed by atoms with E-state index in [0.717, 1.165) is 6.42 Å². The topological polar surface area (TPSA) is 26.3 Å². The van der Waals surface area contributed by atoms with Gasteiger partial charge in [-0.15, -0.1) is 0 Å². The fourth-order valence-electron chi connectivity index (χ4n) is 1.20. The molecule has 1 aromatic carbocycles. The molecule has 0 radical (unpaired) electrons. The van der Waals surface area contributed by atoms with Gasteiger partial charge >= 0.3 is 0 Å². The maximum Gasteiger partial charge on any atom is 0.165 e. The summed E-state index contributed by atoms with van der Waals surface area (Å²) in [7, 11) is 0.